The SMILES string of the molecule is CC1(c2ccccc2)OCC(=O)N(CCCN2CCCC2)c2ccc(Cl)cc21. The summed E-state index contributed by atoms with van der Waals surface area (Å²) in [5.41, 5.74) is 2.14. The van der Waals surface area contributed by atoms with E-state index < -0.39 is 5.60 Å². The number of amides is 1. The molecule has 148 valence electrons. The molecule has 1 fully saturated rings. The molecule has 0 radical (unpaired) electrons. The van der Waals surface area contributed by atoms with Gasteiger partial charge in [-0.25, -0.2) is 0 Å². The maximum atomic E-state index is 13.0. The van der Waals surface area contributed by atoms with Gasteiger partial charge in [-0.15, -0.1) is 0 Å². The molecule has 2 aliphatic rings. The maximum Gasteiger partial charge on any atom is 0.253 e. The molecule has 0 spiro atoms. The van der Waals surface area contributed by atoms with Gasteiger partial charge in [0.25, 0.3) is 5.91 Å². The molecule has 0 saturated carbocycles. The third-order valence-corrected chi connectivity index (χ3v) is 6.16. The first-order valence-corrected chi connectivity index (χ1v) is 10.5. The van der Waals surface area contributed by atoms with E-state index in [4.69, 9.17) is 16.3 Å². The van der Waals surface area contributed by atoms with Crippen molar-refractivity contribution in [1.29, 1.82) is 0 Å². The lowest BCUT2D eigenvalue weighted by atomic mass is 9.86. The number of likely N-dealkylation sites (tertiary alicyclic amines) is 1. The van der Waals surface area contributed by atoms with Crippen LogP contribution in [0.2, 0.25) is 5.02 Å². The van der Waals surface area contributed by atoms with Crippen molar-refractivity contribution >= 4 is 23.2 Å². The average molecular weight is 399 g/mol. The van der Waals surface area contributed by atoms with Crippen LogP contribution in [-0.2, 0) is 15.1 Å². The molecule has 2 aliphatic heterocycles. The molecule has 2 aromatic carbocycles. The highest BCUT2D eigenvalue weighted by molar-refractivity contribution is 6.30. The number of carbonyl (C=O) groups is 1. The summed E-state index contributed by atoms with van der Waals surface area (Å²) in [5, 5.41) is 0.649. The average Bonchev–Trinajstić information content (AvgIpc) is 3.20. The minimum atomic E-state index is -0.721. The van der Waals surface area contributed by atoms with Gasteiger partial charge in [0.15, 0.2) is 0 Å². The molecule has 0 aliphatic carbocycles. The summed E-state index contributed by atoms with van der Waals surface area (Å²) in [6.45, 7) is 6.16. The molecular weight excluding hydrogens is 372 g/mol. The summed E-state index contributed by atoms with van der Waals surface area (Å²) in [5.74, 6) is 0.00431. The van der Waals surface area contributed by atoms with Crippen molar-refractivity contribution in [2.24, 2.45) is 0 Å². The molecule has 28 heavy (non-hydrogen) atoms. The lowest BCUT2D eigenvalue weighted by molar-refractivity contribution is -0.126. The van der Waals surface area contributed by atoms with Crippen molar-refractivity contribution in [3.05, 3.63) is 64.7 Å². The van der Waals surface area contributed by atoms with E-state index in [1.54, 1.807) is 0 Å². The second kappa shape index (κ2) is 8.24. The number of halogens is 1. The molecule has 4 nitrogen and oxygen atoms in total. The first-order valence-electron chi connectivity index (χ1n) is 10.1. The minimum Gasteiger partial charge on any atom is -0.356 e. The minimum absolute atomic E-state index is 0.00431. The van der Waals surface area contributed by atoms with E-state index in [9.17, 15) is 4.79 Å². The Morgan fingerprint density at radius 1 is 1.07 bits per heavy atom. The number of hydrogen-bond acceptors (Lipinski definition) is 3. The van der Waals surface area contributed by atoms with Crippen LogP contribution < -0.4 is 4.90 Å². The van der Waals surface area contributed by atoms with Crippen molar-refractivity contribution in [3.63, 3.8) is 0 Å². The van der Waals surface area contributed by atoms with Gasteiger partial charge in [-0.3, -0.25) is 4.79 Å². The van der Waals surface area contributed by atoms with Gasteiger partial charge in [0, 0.05) is 17.1 Å². The predicted octanol–water partition coefficient (Wildman–Crippen LogP) is 4.45. The van der Waals surface area contributed by atoms with Crippen molar-refractivity contribution in [2.75, 3.05) is 37.7 Å². The van der Waals surface area contributed by atoms with Crippen LogP contribution in [-0.4, -0.2) is 43.6 Å². The number of benzene rings is 2. The molecule has 0 aromatic heterocycles. The third-order valence-electron chi connectivity index (χ3n) is 5.93. The number of rotatable bonds is 5. The van der Waals surface area contributed by atoms with Gasteiger partial charge in [-0.1, -0.05) is 41.9 Å². The second-order valence-corrected chi connectivity index (χ2v) is 8.23. The van der Waals surface area contributed by atoms with Crippen LogP contribution in [0.25, 0.3) is 0 Å². The Labute approximate surface area is 172 Å². The van der Waals surface area contributed by atoms with E-state index in [0.717, 1.165) is 29.8 Å². The van der Waals surface area contributed by atoms with Gasteiger partial charge in [-0.2, -0.15) is 0 Å². The van der Waals surface area contributed by atoms with Crippen LogP contribution in [0, 0.1) is 0 Å². The van der Waals surface area contributed by atoms with Crippen molar-refractivity contribution in [2.45, 2.75) is 31.8 Å². The Hall–Kier alpha value is -1.88. The Morgan fingerprint density at radius 3 is 2.57 bits per heavy atom. The highest BCUT2D eigenvalue weighted by Crippen LogP contribution is 2.42. The van der Waals surface area contributed by atoms with Crippen LogP contribution in [0.15, 0.2) is 48.5 Å². The standard InChI is InChI=1S/C23H27ClN2O2/c1-23(18-8-3-2-4-9-18)20-16-19(24)10-11-21(20)26(22(27)17-28-23)15-7-14-25-12-5-6-13-25/h2-4,8-11,16H,5-7,12-15,17H2,1H3. The van der Waals surface area contributed by atoms with Crippen LogP contribution in [0.5, 0.6) is 0 Å². The van der Waals surface area contributed by atoms with Crippen LogP contribution >= 0.6 is 11.6 Å². The van der Waals surface area contributed by atoms with Gasteiger partial charge in [0.1, 0.15) is 12.2 Å². The number of carbonyl (C=O) groups excluding carboxylic acids is 1. The zero-order valence-corrected chi connectivity index (χ0v) is 17.1. The summed E-state index contributed by atoms with van der Waals surface area (Å²) in [6.07, 6.45) is 3.52. The van der Waals surface area contributed by atoms with E-state index in [2.05, 4.69) is 4.90 Å². The van der Waals surface area contributed by atoms with Crippen LogP contribution in [0.3, 0.4) is 0 Å². The van der Waals surface area contributed by atoms with Crippen LogP contribution in [0.4, 0.5) is 5.69 Å². The van der Waals surface area contributed by atoms with Gasteiger partial charge in [0.2, 0.25) is 0 Å². The fraction of sp³-hybridized carbons (Fsp3) is 0.435. The van der Waals surface area contributed by atoms with E-state index in [0.29, 0.717) is 11.6 Å². The lowest BCUT2D eigenvalue weighted by Crippen LogP contribution is -2.35. The van der Waals surface area contributed by atoms with Gasteiger partial charge < -0.3 is 14.5 Å². The second-order valence-electron chi connectivity index (χ2n) is 7.80. The molecule has 4 rings (SSSR count). The third kappa shape index (κ3) is 3.82. The molecule has 1 saturated heterocycles. The smallest absolute Gasteiger partial charge is 0.253 e. The topological polar surface area (TPSA) is 32.8 Å². The van der Waals surface area contributed by atoms with Gasteiger partial charge in [-0.05, 0) is 69.6 Å². The molecular formula is C23H27ClN2O2. The molecule has 2 aromatic rings. The van der Waals surface area contributed by atoms with E-state index in [1.807, 2.05) is 60.4 Å². The Kier molecular flexibility index (Phi) is 5.72. The Morgan fingerprint density at radius 2 is 1.82 bits per heavy atom. The first-order chi connectivity index (χ1) is 13.6. The fourth-order valence-corrected chi connectivity index (χ4v) is 4.49. The summed E-state index contributed by atoms with van der Waals surface area (Å²) >= 11 is 6.35. The largest absolute Gasteiger partial charge is 0.356 e. The van der Waals surface area contributed by atoms with Gasteiger partial charge in [0.05, 0.1) is 5.69 Å². The maximum absolute atomic E-state index is 13.0. The van der Waals surface area contributed by atoms with Gasteiger partial charge >= 0.3 is 0 Å². The number of hydrogen-bond donors (Lipinski definition) is 0. The highest BCUT2D eigenvalue weighted by Gasteiger charge is 2.38. The van der Waals surface area contributed by atoms with Crippen LogP contribution in [0.1, 0.15) is 37.3 Å². The lowest BCUT2D eigenvalue weighted by Gasteiger charge is -2.31. The highest BCUT2D eigenvalue weighted by atomic mass is 35.5. The number of anilines is 1. The summed E-state index contributed by atoms with van der Waals surface area (Å²) in [7, 11) is 0. The van der Waals surface area contributed by atoms with E-state index in [1.165, 1.54) is 25.9 Å². The summed E-state index contributed by atoms with van der Waals surface area (Å²) in [4.78, 5) is 17.3. The molecule has 1 amide bonds. The fourth-order valence-electron chi connectivity index (χ4n) is 4.32. The molecule has 0 bridgehead atoms. The van der Waals surface area contributed by atoms with E-state index >= 15 is 0 Å². The van der Waals surface area contributed by atoms with Crippen molar-refractivity contribution < 1.29 is 9.53 Å². The summed E-state index contributed by atoms with van der Waals surface area (Å²) < 4.78 is 6.22. The predicted molar refractivity (Wildman–Crippen MR) is 113 cm³/mol. The monoisotopic (exact) mass is 398 g/mol. The number of fused-ring (bicyclic) bond motifs is 1. The Balaban J connectivity index is 1.66. The first kappa shape index (κ1) is 19.4. The van der Waals surface area contributed by atoms with Crippen molar-refractivity contribution in [1.82, 2.24) is 4.90 Å². The zero-order valence-electron chi connectivity index (χ0n) is 16.4. The molecule has 0 N–H and O–H groups in total. The number of nitrogens with zero attached hydrogens (tertiary/aromatic N) is 2. The molecule has 1 atom stereocenters. The Bertz CT molecular complexity index is 836. The van der Waals surface area contributed by atoms with E-state index in [-0.39, 0.29) is 12.5 Å². The van der Waals surface area contributed by atoms with Crippen molar-refractivity contribution in [3.8, 4) is 0 Å². The summed E-state index contributed by atoms with van der Waals surface area (Å²) in [6, 6.07) is 15.8. The quantitative estimate of drug-likeness (QED) is 0.745. The normalized spacial score (nSPS) is 22.9. The number of ether oxygens (including phenoxy) is 1. The molecule has 5 heteroatoms. The molecule has 1 unspecified atom stereocenters. The zero-order chi connectivity index (χ0) is 19.6. The molecule has 2 heterocycles.